The topological polar surface area (TPSA) is 52.6 Å². The van der Waals surface area contributed by atoms with Gasteiger partial charge in [-0.3, -0.25) is 9.69 Å². The SMILES string of the molecule is O=C(CN1CC(CO)C1)Nc1cc(F)cc(F)c1. The standard InChI is InChI=1S/C12H14F2N2O2/c13-9-1-10(14)3-11(2-9)15-12(18)6-16-4-8(5-16)7-17/h1-3,8,17H,4-7H2,(H,15,18). The number of anilines is 1. The minimum absolute atomic E-state index is 0.108. The highest BCUT2D eigenvalue weighted by Gasteiger charge is 2.27. The summed E-state index contributed by atoms with van der Waals surface area (Å²) in [6.07, 6.45) is 0. The van der Waals surface area contributed by atoms with Crippen molar-refractivity contribution < 1.29 is 18.7 Å². The number of carbonyl (C=O) groups is 1. The van der Waals surface area contributed by atoms with Gasteiger partial charge < -0.3 is 10.4 Å². The van der Waals surface area contributed by atoms with Crippen molar-refractivity contribution in [3.63, 3.8) is 0 Å². The van der Waals surface area contributed by atoms with Crippen molar-refractivity contribution in [1.82, 2.24) is 4.90 Å². The third-order valence-corrected chi connectivity index (χ3v) is 2.80. The summed E-state index contributed by atoms with van der Waals surface area (Å²) in [6.45, 7) is 1.62. The van der Waals surface area contributed by atoms with Gasteiger partial charge in [0.1, 0.15) is 11.6 Å². The lowest BCUT2D eigenvalue weighted by molar-refractivity contribution is -0.119. The first-order chi connectivity index (χ1) is 8.56. The van der Waals surface area contributed by atoms with Crippen molar-refractivity contribution in [1.29, 1.82) is 0 Å². The maximum absolute atomic E-state index is 12.9. The van der Waals surface area contributed by atoms with Crippen molar-refractivity contribution in [3.05, 3.63) is 29.8 Å². The number of nitrogens with zero attached hydrogens (tertiary/aromatic N) is 1. The molecule has 1 heterocycles. The van der Waals surface area contributed by atoms with Crippen LogP contribution in [0.5, 0.6) is 0 Å². The van der Waals surface area contributed by atoms with Crippen LogP contribution in [0.2, 0.25) is 0 Å². The van der Waals surface area contributed by atoms with Crippen LogP contribution >= 0.6 is 0 Å². The van der Waals surface area contributed by atoms with E-state index in [1.54, 1.807) is 0 Å². The Kier molecular flexibility index (Phi) is 3.88. The number of hydrogen-bond acceptors (Lipinski definition) is 3. The molecule has 2 rings (SSSR count). The summed E-state index contributed by atoms with van der Waals surface area (Å²) in [4.78, 5) is 13.4. The Balaban J connectivity index is 1.84. The Morgan fingerprint density at radius 3 is 2.50 bits per heavy atom. The summed E-state index contributed by atoms with van der Waals surface area (Å²) in [5.41, 5.74) is 0.108. The molecule has 98 valence electrons. The molecule has 0 atom stereocenters. The predicted octanol–water partition coefficient (Wildman–Crippen LogP) is 0.827. The summed E-state index contributed by atoms with van der Waals surface area (Å²) in [5.74, 6) is -1.55. The first kappa shape index (κ1) is 12.9. The number of halogens is 2. The molecule has 0 spiro atoms. The van der Waals surface area contributed by atoms with E-state index in [2.05, 4.69) is 5.32 Å². The normalized spacial score (nSPS) is 16.4. The zero-order chi connectivity index (χ0) is 13.1. The Labute approximate surface area is 103 Å². The van der Waals surface area contributed by atoms with Crippen molar-refractivity contribution in [2.24, 2.45) is 5.92 Å². The molecule has 0 radical (unpaired) electrons. The van der Waals surface area contributed by atoms with Crippen LogP contribution in [0, 0.1) is 17.6 Å². The lowest BCUT2D eigenvalue weighted by atomic mass is 10.0. The minimum Gasteiger partial charge on any atom is -0.396 e. The highest BCUT2D eigenvalue weighted by molar-refractivity contribution is 5.92. The van der Waals surface area contributed by atoms with Crippen molar-refractivity contribution in [2.45, 2.75) is 0 Å². The summed E-state index contributed by atoms with van der Waals surface area (Å²) >= 11 is 0. The number of hydrogen-bond donors (Lipinski definition) is 2. The second kappa shape index (κ2) is 5.41. The average Bonchev–Trinajstić information content (AvgIpc) is 2.21. The van der Waals surface area contributed by atoms with E-state index in [-0.39, 0.29) is 30.7 Å². The maximum atomic E-state index is 12.9. The molecule has 6 heteroatoms. The molecule has 1 aliphatic heterocycles. The van der Waals surface area contributed by atoms with Gasteiger partial charge in [-0.05, 0) is 12.1 Å². The van der Waals surface area contributed by atoms with Gasteiger partial charge in [-0.1, -0.05) is 0 Å². The number of rotatable bonds is 4. The van der Waals surface area contributed by atoms with Crippen LogP contribution < -0.4 is 5.32 Å². The molecule has 1 saturated heterocycles. The highest BCUT2D eigenvalue weighted by atomic mass is 19.1. The van der Waals surface area contributed by atoms with E-state index in [1.807, 2.05) is 4.90 Å². The molecule has 18 heavy (non-hydrogen) atoms. The second-order valence-corrected chi connectivity index (χ2v) is 4.45. The number of nitrogens with one attached hydrogen (secondary N) is 1. The molecule has 1 aromatic carbocycles. The molecule has 2 N–H and O–H groups in total. The van der Waals surface area contributed by atoms with Gasteiger partial charge in [0.15, 0.2) is 0 Å². The predicted molar refractivity (Wildman–Crippen MR) is 62.0 cm³/mol. The van der Waals surface area contributed by atoms with E-state index in [0.717, 1.165) is 18.2 Å². The number of amides is 1. The van der Waals surface area contributed by atoms with E-state index in [9.17, 15) is 13.6 Å². The number of likely N-dealkylation sites (tertiary alicyclic amines) is 1. The Morgan fingerprint density at radius 2 is 1.94 bits per heavy atom. The van der Waals surface area contributed by atoms with Crippen molar-refractivity contribution in [2.75, 3.05) is 31.6 Å². The smallest absolute Gasteiger partial charge is 0.238 e. The molecule has 0 aliphatic carbocycles. The summed E-state index contributed by atoms with van der Waals surface area (Å²) in [5, 5.41) is 11.3. The molecular weight excluding hydrogens is 242 g/mol. The number of benzene rings is 1. The molecule has 1 amide bonds. The third kappa shape index (κ3) is 3.24. The van der Waals surface area contributed by atoms with E-state index in [0.29, 0.717) is 13.1 Å². The maximum Gasteiger partial charge on any atom is 0.238 e. The van der Waals surface area contributed by atoms with Crippen LogP contribution in [0.25, 0.3) is 0 Å². The lowest BCUT2D eigenvalue weighted by Gasteiger charge is -2.37. The number of aliphatic hydroxyl groups is 1. The Hall–Kier alpha value is -1.53. The van der Waals surface area contributed by atoms with Crippen LogP contribution in [-0.4, -0.2) is 42.2 Å². The summed E-state index contributed by atoms with van der Waals surface area (Å²) in [7, 11) is 0. The van der Waals surface area contributed by atoms with Gasteiger partial charge in [-0.2, -0.15) is 0 Å². The van der Waals surface area contributed by atoms with Gasteiger partial charge in [0.25, 0.3) is 0 Å². The van der Waals surface area contributed by atoms with Gasteiger partial charge in [0.2, 0.25) is 5.91 Å². The molecule has 4 nitrogen and oxygen atoms in total. The fourth-order valence-electron chi connectivity index (χ4n) is 1.95. The first-order valence-electron chi connectivity index (χ1n) is 5.66. The van der Waals surface area contributed by atoms with E-state index in [4.69, 9.17) is 5.11 Å². The summed E-state index contributed by atoms with van der Waals surface area (Å²) < 4.78 is 25.8. The zero-order valence-electron chi connectivity index (χ0n) is 9.70. The fraction of sp³-hybridized carbons (Fsp3) is 0.417. The fourth-order valence-corrected chi connectivity index (χ4v) is 1.95. The molecule has 1 fully saturated rings. The largest absolute Gasteiger partial charge is 0.396 e. The monoisotopic (exact) mass is 256 g/mol. The molecule has 0 bridgehead atoms. The van der Waals surface area contributed by atoms with E-state index < -0.39 is 11.6 Å². The molecule has 1 aromatic rings. The molecular formula is C12H14F2N2O2. The zero-order valence-corrected chi connectivity index (χ0v) is 9.70. The molecule has 0 aromatic heterocycles. The average molecular weight is 256 g/mol. The number of aliphatic hydroxyl groups excluding tert-OH is 1. The third-order valence-electron chi connectivity index (χ3n) is 2.80. The Morgan fingerprint density at radius 1 is 1.33 bits per heavy atom. The second-order valence-electron chi connectivity index (χ2n) is 4.45. The van der Waals surface area contributed by atoms with Gasteiger partial charge in [-0.25, -0.2) is 8.78 Å². The van der Waals surface area contributed by atoms with Crippen LogP contribution in [0.1, 0.15) is 0 Å². The van der Waals surface area contributed by atoms with E-state index >= 15 is 0 Å². The van der Waals surface area contributed by atoms with Crippen LogP contribution in [0.3, 0.4) is 0 Å². The highest BCUT2D eigenvalue weighted by Crippen LogP contribution is 2.15. The van der Waals surface area contributed by atoms with Crippen LogP contribution in [-0.2, 0) is 4.79 Å². The summed E-state index contributed by atoms with van der Waals surface area (Å²) in [6, 6.07) is 2.87. The first-order valence-corrected chi connectivity index (χ1v) is 5.66. The van der Waals surface area contributed by atoms with Crippen molar-refractivity contribution in [3.8, 4) is 0 Å². The molecule has 0 saturated carbocycles. The van der Waals surface area contributed by atoms with Gasteiger partial charge in [0, 0.05) is 37.4 Å². The quantitative estimate of drug-likeness (QED) is 0.839. The lowest BCUT2D eigenvalue weighted by Crippen LogP contribution is -2.51. The van der Waals surface area contributed by atoms with Gasteiger partial charge in [-0.15, -0.1) is 0 Å². The molecule has 0 unspecified atom stereocenters. The molecule has 1 aliphatic rings. The Bertz CT molecular complexity index is 427. The van der Waals surface area contributed by atoms with Crippen molar-refractivity contribution >= 4 is 11.6 Å². The van der Waals surface area contributed by atoms with Crippen LogP contribution in [0.15, 0.2) is 18.2 Å². The number of carbonyl (C=O) groups excluding carboxylic acids is 1. The van der Waals surface area contributed by atoms with Crippen LogP contribution in [0.4, 0.5) is 14.5 Å². The van der Waals surface area contributed by atoms with Gasteiger partial charge >= 0.3 is 0 Å². The van der Waals surface area contributed by atoms with Gasteiger partial charge in [0.05, 0.1) is 6.54 Å². The minimum atomic E-state index is -0.727. The van der Waals surface area contributed by atoms with E-state index in [1.165, 1.54) is 0 Å².